The second-order valence-corrected chi connectivity index (χ2v) is 16.7. The third kappa shape index (κ3) is 21.6. The molecule has 0 spiro atoms. The van der Waals surface area contributed by atoms with Gasteiger partial charge in [-0.05, 0) is 122 Å². The van der Waals surface area contributed by atoms with Crippen molar-refractivity contribution in [2.75, 3.05) is 6.61 Å². The van der Waals surface area contributed by atoms with Crippen LogP contribution in [0.4, 0.5) is 11.4 Å². The van der Waals surface area contributed by atoms with Crippen molar-refractivity contribution in [2.24, 2.45) is 9.98 Å². The van der Waals surface area contributed by atoms with Crippen LogP contribution in [0.3, 0.4) is 0 Å². The fourth-order valence-corrected chi connectivity index (χ4v) is 7.65. The zero-order valence-electron chi connectivity index (χ0n) is 37.3. The predicted octanol–water partition coefficient (Wildman–Crippen LogP) is 13.2. The third-order valence-corrected chi connectivity index (χ3v) is 11.3. The van der Waals surface area contributed by atoms with Crippen molar-refractivity contribution in [3.05, 3.63) is 119 Å². The summed E-state index contributed by atoms with van der Waals surface area (Å²) in [4.78, 5) is 20.5. The van der Waals surface area contributed by atoms with Gasteiger partial charge in [0.2, 0.25) is 0 Å². The second-order valence-electron chi connectivity index (χ2n) is 16.7. The normalized spacial score (nSPS) is 11.6. The van der Waals surface area contributed by atoms with E-state index >= 15 is 0 Å². The molecule has 6 heteroatoms. The van der Waals surface area contributed by atoms with Crippen LogP contribution in [-0.4, -0.2) is 25.0 Å². The van der Waals surface area contributed by atoms with E-state index in [-0.39, 0.29) is 6.42 Å². The largest absolute Gasteiger partial charge is 0.550 e. The number of carboxylic acids is 1. The molecule has 0 atom stereocenters. The van der Waals surface area contributed by atoms with Gasteiger partial charge in [0.05, 0.1) is 18.0 Å². The van der Waals surface area contributed by atoms with E-state index in [1.165, 1.54) is 120 Å². The number of unbranched alkanes of at least 4 members (excludes halogenated alkanes) is 17. The lowest BCUT2D eigenvalue weighted by Gasteiger charge is -2.09. The van der Waals surface area contributed by atoms with Gasteiger partial charge in [0.25, 0.3) is 0 Å². The number of hydrogen-bond acceptors (Lipinski definition) is 5. The van der Waals surface area contributed by atoms with Crippen molar-refractivity contribution in [1.29, 1.82) is 0 Å². The van der Waals surface area contributed by atoms with Crippen molar-refractivity contribution in [1.82, 2.24) is 0 Å². The first-order valence-corrected chi connectivity index (χ1v) is 23.7. The van der Waals surface area contributed by atoms with Gasteiger partial charge in [-0.15, -0.1) is 0 Å². The van der Waals surface area contributed by atoms with E-state index in [2.05, 4.69) is 97.5 Å². The van der Waals surface area contributed by atoms with Crippen LogP contribution in [0.5, 0.6) is 5.75 Å². The predicted molar refractivity (Wildman–Crippen MR) is 250 cm³/mol. The summed E-state index contributed by atoms with van der Waals surface area (Å²) >= 11 is 0. The number of aryl methyl sites for hydroxylation is 4. The number of pyridine rings is 1. The summed E-state index contributed by atoms with van der Waals surface area (Å²) in [5, 5.41) is 10.8. The third-order valence-electron chi connectivity index (χ3n) is 11.3. The Bertz CT molecular complexity index is 1710. The molecule has 0 bridgehead atoms. The molecule has 6 nitrogen and oxygen atoms in total. The van der Waals surface area contributed by atoms with Crippen molar-refractivity contribution in [3.63, 3.8) is 0 Å². The molecule has 4 aromatic rings. The first-order chi connectivity index (χ1) is 29.5. The fraction of sp³-hybridized carbons (Fsp3) is 0.519. The molecule has 0 saturated heterocycles. The smallest absolute Gasteiger partial charge is 0.171 e. The van der Waals surface area contributed by atoms with Gasteiger partial charge in [0.1, 0.15) is 12.3 Å². The summed E-state index contributed by atoms with van der Waals surface area (Å²) in [5.41, 5.74) is 7.74. The number of benzene rings is 3. The van der Waals surface area contributed by atoms with Gasteiger partial charge >= 0.3 is 0 Å². The highest BCUT2D eigenvalue weighted by atomic mass is 16.5. The maximum atomic E-state index is 10.8. The van der Waals surface area contributed by atoms with Crippen LogP contribution < -0.4 is 14.4 Å². The fourth-order valence-electron chi connectivity index (χ4n) is 7.65. The number of carbonyl (C=O) groups excluding carboxylic acids is 1. The first kappa shape index (κ1) is 48.1. The molecule has 3 aromatic carbocycles. The number of hydrogen-bond donors (Lipinski definition) is 0. The minimum atomic E-state index is -0.995. The monoisotopic (exact) mass is 814 g/mol. The lowest BCUT2D eigenvalue weighted by molar-refractivity contribution is -0.697. The van der Waals surface area contributed by atoms with E-state index in [0.717, 1.165) is 72.5 Å². The van der Waals surface area contributed by atoms with Crippen LogP contribution in [0.1, 0.15) is 177 Å². The summed E-state index contributed by atoms with van der Waals surface area (Å²) in [6.45, 7) is 6.20. The molecule has 0 aliphatic rings. The molecule has 0 amide bonds. The Morgan fingerprint density at radius 1 is 0.567 bits per heavy atom. The maximum absolute atomic E-state index is 10.8. The lowest BCUT2D eigenvalue weighted by Crippen LogP contribution is -2.33. The molecule has 4 rings (SSSR count). The van der Waals surface area contributed by atoms with Crippen LogP contribution >= 0.6 is 0 Å². The van der Waals surface area contributed by atoms with Gasteiger partial charge in [-0.1, -0.05) is 134 Å². The van der Waals surface area contributed by atoms with E-state index in [0.29, 0.717) is 13.0 Å². The van der Waals surface area contributed by atoms with Crippen molar-refractivity contribution < 1.29 is 19.2 Å². The number of carbonyl (C=O) groups is 1. The van der Waals surface area contributed by atoms with E-state index in [9.17, 15) is 9.90 Å². The first-order valence-electron chi connectivity index (χ1n) is 23.7. The van der Waals surface area contributed by atoms with Gasteiger partial charge in [-0.3, -0.25) is 9.98 Å². The molecule has 1 aromatic heterocycles. The molecule has 0 radical (unpaired) electrons. The number of nitrogens with zero attached hydrogens (tertiary/aromatic N) is 3. The van der Waals surface area contributed by atoms with Gasteiger partial charge in [-0.25, -0.2) is 4.57 Å². The minimum absolute atomic E-state index is 0.0689. The molecule has 0 saturated carbocycles. The van der Waals surface area contributed by atoms with Crippen LogP contribution in [-0.2, 0) is 30.6 Å². The summed E-state index contributed by atoms with van der Waals surface area (Å²) in [5.74, 6) is -0.142. The summed E-state index contributed by atoms with van der Waals surface area (Å²) in [7, 11) is 0. The van der Waals surface area contributed by atoms with Crippen LogP contribution in [0.15, 0.2) is 101 Å². The lowest BCUT2D eigenvalue weighted by atomic mass is 10.0. The zero-order valence-corrected chi connectivity index (χ0v) is 37.3. The topological polar surface area (TPSA) is 78.0 Å². The molecular formula is C54H75N3O3. The average molecular weight is 814 g/mol. The highest BCUT2D eigenvalue weighted by molar-refractivity contribution is 5.89. The van der Waals surface area contributed by atoms with E-state index in [1.54, 1.807) is 0 Å². The number of aromatic nitrogens is 1. The number of aliphatic imine (C=N–C) groups is 2. The van der Waals surface area contributed by atoms with E-state index < -0.39 is 5.97 Å². The van der Waals surface area contributed by atoms with Gasteiger partial charge in [-0.2, -0.15) is 0 Å². The Hall–Kier alpha value is -4.58. The number of rotatable bonds is 33. The number of carboxylic acid groups (broad SMARTS) is 1. The summed E-state index contributed by atoms with van der Waals surface area (Å²) in [6.07, 6.45) is 36.2. The van der Waals surface area contributed by atoms with Crippen molar-refractivity contribution >= 4 is 29.8 Å². The number of aliphatic carboxylic acids is 1. The second kappa shape index (κ2) is 30.4. The molecule has 324 valence electrons. The van der Waals surface area contributed by atoms with Gasteiger partial charge < -0.3 is 14.6 Å². The van der Waals surface area contributed by atoms with Gasteiger partial charge in [0.15, 0.2) is 12.4 Å². The highest BCUT2D eigenvalue weighted by Gasteiger charge is 2.05. The Kier molecular flexibility index (Phi) is 24.4. The van der Waals surface area contributed by atoms with E-state index in [4.69, 9.17) is 14.7 Å². The Morgan fingerprint density at radius 3 is 1.57 bits per heavy atom. The molecular weight excluding hydrogens is 739 g/mol. The molecule has 0 fully saturated rings. The highest BCUT2D eigenvalue weighted by Crippen LogP contribution is 2.21. The SMILES string of the molecule is CCCCCCCCc1ccc(N=Cc2cc(C=Nc3ccc(CCCCCCCC)cc3)cc(OCCCCCCCCCC[n+]3cccc(CCC(=O)[O-])c3)c2)cc1. The van der Waals surface area contributed by atoms with Crippen molar-refractivity contribution in [2.45, 2.75) is 174 Å². The Balaban J connectivity index is 1.23. The van der Waals surface area contributed by atoms with Gasteiger partial charge in [0, 0.05) is 36.4 Å². The number of ether oxygens (including phenoxy) is 1. The molecule has 1 heterocycles. The standard InChI is InChI=1S/C54H75N3O3/c1-3-5-7-9-15-19-24-46-27-32-51(33-28-46)55-43-49-40-50(44-56-52-34-29-47(30-35-52)25-20-16-10-8-6-4-2)42-53(41-49)60-39-22-18-14-12-11-13-17-21-37-57-38-23-26-48(45-57)31-36-54(58)59/h23,26-30,32-35,38,40-45H,3-22,24-25,31,36-37,39H2,1-2H3. The molecule has 60 heavy (non-hydrogen) atoms. The summed E-state index contributed by atoms with van der Waals surface area (Å²) in [6, 6.07) is 27.7. The van der Waals surface area contributed by atoms with Crippen molar-refractivity contribution in [3.8, 4) is 5.75 Å². The van der Waals surface area contributed by atoms with Crippen LogP contribution in [0.2, 0.25) is 0 Å². The average Bonchev–Trinajstić information content (AvgIpc) is 3.26. The molecule has 0 aliphatic heterocycles. The quantitative estimate of drug-likeness (QED) is 0.0273. The Morgan fingerprint density at radius 2 is 1.05 bits per heavy atom. The minimum Gasteiger partial charge on any atom is -0.550 e. The van der Waals surface area contributed by atoms with E-state index in [1.807, 2.05) is 24.6 Å². The van der Waals surface area contributed by atoms with Crippen LogP contribution in [0.25, 0.3) is 0 Å². The zero-order chi connectivity index (χ0) is 42.3. The molecule has 0 N–H and O–H groups in total. The summed E-state index contributed by atoms with van der Waals surface area (Å²) < 4.78 is 8.51. The maximum Gasteiger partial charge on any atom is 0.171 e. The van der Waals surface area contributed by atoms with Crippen LogP contribution in [0, 0.1) is 0 Å². The molecule has 0 aliphatic carbocycles. The molecule has 0 unspecified atom stereocenters. The Labute approximate surface area is 363 Å².